The van der Waals surface area contributed by atoms with Crippen LogP contribution in [0.25, 0.3) is 0 Å². The number of benzene rings is 1. The number of aromatic hydroxyl groups is 1. The van der Waals surface area contributed by atoms with E-state index in [1.54, 1.807) is 6.07 Å². The molecule has 0 aromatic heterocycles. The summed E-state index contributed by atoms with van der Waals surface area (Å²) >= 11 is 5.86. The molecule has 0 heterocycles. The normalized spacial score (nSPS) is 13.3. The van der Waals surface area contributed by atoms with Gasteiger partial charge >= 0.3 is 0 Å². The van der Waals surface area contributed by atoms with Gasteiger partial charge in [0.05, 0.1) is 5.02 Å². The zero-order valence-corrected chi connectivity index (χ0v) is 9.47. The van der Waals surface area contributed by atoms with Gasteiger partial charge in [-0.3, -0.25) is 0 Å². The maximum atomic E-state index is 9.73. The molecule has 0 aliphatic heterocycles. The fourth-order valence-electron chi connectivity index (χ4n) is 1.37. The molecular weight excluding hydrogens is 198 g/mol. The minimum atomic E-state index is -0.174. The van der Waals surface area contributed by atoms with Gasteiger partial charge < -0.3 is 10.8 Å². The first kappa shape index (κ1) is 11.3. The second-order valence-electron chi connectivity index (χ2n) is 3.95. The molecule has 0 aliphatic carbocycles. The fourth-order valence-corrected chi connectivity index (χ4v) is 1.66. The van der Waals surface area contributed by atoms with E-state index in [0.29, 0.717) is 5.02 Å². The smallest absolute Gasteiger partial charge is 0.138 e. The highest BCUT2D eigenvalue weighted by molar-refractivity contribution is 6.32. The third kappa shape index (κ3) is 2.20. The molecule has 1 rings (SSSR count). The lowest BCUT2D eigenvalue weighted by molar-refractivity contribution is 0.440. The average molecular weight is 214 g/mol. The van der Waals surface area contributed by atoms with Crippen LogP contribution in [0.4, 0.5) is 0 Å². The number of hydrogen-bond acceptors (Lipinski definition) is 2. The number of nitrogens with two attached hydrogens (primary N) is 1. The van der Waals surface area contributed by atoms with Crippen molar-refractivity contribution in [3.63, 3.8) is 0 Å². The predicted molar refractivity (Wildman–Crippen MR) is 59.6 cm³/mol. The lowest BCUT2D eigenvalue weighted by Gasteiger charge is -2.18. The molecule has 1 atom stereocenters. The van der Waals surface area contributed by atoms with Crippen LogP contribution >= 0.6 is 11.6 Å². The summed E-state index contributed by atoms with van der Waals surface area (Å²) in [5.41, 5.74) is 7.70. The van der Waals surface area contributed by atoms with E-state index in [4.69, 9.17) is 17.3 Å². The first-order chi connectivity index (χ1) is 6.43. The number of hydrogen-bond donors (Lipinski definition) is 2. The molecule has 1 aromatic carbocycles. The second-order valence-corrected chi connectivity index (χ2v) is 4.36. The highest BCUT2D eigenvalue weighted by Gasteiger charge is 2.16. The Kier molecular flexibility index (Phi) is 3.40. The molecule has 0 amide bonds. The summed E-state index contributed by atoms with van der Waals surface area (Å²) in [6.45, 7) is 5.96. The minimum absolute atomic E-state index is 0.110. The number of rotatable bonds is 2. The van der Waals surface area contributed by atoms with E-state index in [0.717, 1.165) is 11.1 Å². The third-order valence-corrected chi connectivity index (χ3v) is 2.60. The Morgan fingerprint density at radius 1 is 1.36 bits per heavy atom. The SMILES string of the molecule is Cc1cc(Cl)c(O)c(C(N)C(C)C)c1. The van der Waals surface area contributed by atoms with Crippen LogP contribution in [0.15, 0.2) is 12.1 Å². The van der Waals surface area contributed by atoms with Gasteiger partial charge in [0.1, 0.15) is 5.75 Å². The van der Waals surface area contributed by atoms with Gasteiger partial charge in [-0.1, -0.05) is 31.5 Å². The van der Waals surface area contributed by atoms with Gasteiger partial charge in [-0.15, -0.1) is 0 Å². The van der Waals surface area contributed by atoms with E-state index in [9.17, 15) is 5.11 Å². The maximum absolute atomic E-state index is 9.73. The van der Waals surface area contributed by atoms with Gasteiger partial charge in [-0.25, -0.2) is 0 Å². The van der Waals surface area contributed by atoms with Crippen molar-refractivity contribution in [3.8, 4) is 5.75 Å². The van der Waals surface area contributed by atoms with Crippen LogP contribution in [0, 0.1) is 12.8 Å². The molecule has 2 nitrogen and oxygen atoms in total. The molecule has 0 fully saturated rings. The van der Waals surface area contributed by atoms with Crippen LogP contribution in [-0.2, 0) is 0 Å². The van der Waals surface area contributed by atoms with Crippen LogP contribution in [0.1, 0.15) is 31.0 Å². The van der Waals surface area contributed by atoms with E-state index < -0.39 is 0 Å². The summed E-state index contributed by atoms with van der Waals surface area (Å²) in [5.74, 6) is 0.386. The molecule has 1 unspecified atom stereocenters. The van der Waals surface area contributed by atoms with Gasteiger partial charge in [0, 0.05) is 11.6 Å². The Morgan fingerprint density at radius 3 is 2.43 bits per heavy atom. The quantitative estimate of drug-likeness (QED) is 0.794. The van der Waals surface area contributed by atoms with Gasteiger partial charge in [-0.2, -0.15) is 0 Å². The average Bonchev–Trinajstić information content (AvgIpc) is 2.09. The van der Waals surface area contributed by atoms with Gasteiger partial charge in [0.15, 0.2) is 0 Å². The molecule has 0 spiro atoms. The lowest BCUT2D eigenvalue weighted by atomic mass is 9.95. The fraction of sp³-hybridized carbons (Fsp3) is 0.455. The maximum Gasteiger partial charge on any atom is 0.138 e. The summed E-state index contributed by atoms with van der Waals surface area (Å²) in [6, 6.07) is 3.44. The summed E-state index contributed by atoms with van der Waals surface area (Å²) in [5, 5.41) is 10.1. The second kappa shape index (κ2) is 4.20. The van der Waals surface area contributed by atoms with E-state index in [1.807, 2.05) is 26.8 Å². The minimum Gasteiger partial charge on any atom is -0.506 e. The van der Waals surface area contributed by atoms with Gasteiger partial charge in [0.25, 0.3) is 0 Å². The number of phenols is 1. The molecule has 14 heavy (non-hydrogen) atoms. The third-order valence-electron chi connectivity index (χ3n) is 2.31. The summed E-state index contributed by atoms with van der Waals surface area (Å²) < 4.78 is 0. The number of halogens is 1. The van der Waals surface area contributed by atoms with Crippen LogP contribution in [0.2, 0.25) is 5.02 Å². The molecule has 1 aromatic rings. The molecule has 0 bridgehead atoms. The zero-order chi connectivity index (χ0) is 10.9. The van der Waals surface area contributed by atoms with Crippen molar-refractivity contribution in [2.24, 2.45) is 11.7 Å². The van der Waals surface area contributed by atoms with Crippen molar-refractivity contribution in [1.82, 2.24) is 0 Å². The number of aryl methyl sites for hydroxylation is 1. The first-order valence-electron chi connectivity index (χ1n) is 4.68. The van der Waals surface area contributed by atoms with E-state index in [2.05, 4.69) is 0 Å². The Labute approximate surface area is 89.7 Å². The lowest BCUT2D eigenvalue weighted by Crippen LogP contribution is -2.17. The monoisotopic (exact) mass is 213 g/mol. The number of phenolic OH excluding ortho intramolecular Hbond substituents is 1. The molecule has 0 aliphatic rings. The van der Waals surface area contributed by atoms with Crippen molar-refractivity contribution in [3.05, 3.63) is 28.3 Å². The highest BCUT2D eigenvalue weighted by Crippen LogP contribution is 2.34. The largest absolute Gasteiger partial charge is 0.506 e. The van der Waals surface area contributed by atoms with Crippen molar-refractivity contribution < 1.29 is 5.11 Å². The molecule has 3 N–H and O–H groups in total. The Morgan fingerprint density at radius 2 is 1.93 bits per heavy atom. The Hall–Kier alpha value is -0.730. The molecule has 0 radical (unpaired) electrons. The topological polar surface area (TPSA) is 46.2 Å². The molecule has 0 saturated carbocycles. The van der Waals surface area contributed by atoms with E-state index in [1.165, 1.54) is 0 Å². The van der Waals surface area contributed by atoms with Crippen molar-refractivity contribution in [1.29, 1.82) is 0 Å². The Bertz CT molecular complexity index is 336. The molecular formula is C11H16ClNO. The van der Waals surface area contributed by atoms with Crippen LogP contribution in [-0.4, -0.2) is 5.11 Å². The predicted octanol–water partition coefficient (Wildman–Crippen LogP) is 3.01. The van der Waals surface area contributed by atoms with Gasteiger partial charge in [0.2, 0.25) is 0 Å². The van der Waals surface area contributed by atoms with Crippen LogP contribution < -0.4 is 5.73 Å². The van der Waals surface area contributed by atoms with E-state index in [-0.39, 0.29) is 17.7 Å². The van der Waals surface area contributed by atoms with Gasteiger partial charge in [-0.05, 0) is 24.5 Å². The highest BCUT2D eigenvalue weighted by atomic mass is 35.5. The van der Waals surface area contributed by atoms with Crippen molar-refractivity contribution >= 4 is 11.6 Å². The van der Waals surface area contributed by atoms with E-state index >= 15 is 0 Å². The summed E-state index contributed by atoms with van der Waals surface area (Å²) in [7, 11) is 0. The molecule has 3 heteroatoms. The first-order valence-corrected chi connectivity index (χ1v) is 5.06. The van der Waals surface area contributed by atoms with Crippen LogP contribution in [0.5, 0.6) is 5.75 Å². The summed E-state index contributed by atoms with van der Waals surface area (Å²) in [6.07, 6.45) is 0. The zero-order valence-electron chi connectivity index (χ0n) is 8.71. The standard InChI is InChI=1S/C11H16ClNO/c1-6(2)10(13)8-4-7(3)5-9(12)11(8)14/h4-6,10,14H,13H2,1-3H3. The Balaban J connectivity index is 3.20. The van der Waals surface area contributed by atoms with Crippen LogP contribution in [0.3, 0.4) is 0 Å². The van der Waals surface area contributed by atoms with Crippen molar-refractivity contribution in [2.75, 3.05) is 0 Å². The molecule has 0 saturated heterocycles. The molecule has 78 valence electrons. The summed E-state index contributed by atoms with van der Waals surface area (Å²) in [4.78, 5) is 0. The van der Waals surface area contributed by atoms with Crippen molar-refractivity contribution in [2.45, 2.75) is 26.8 Å².